The second-order valence-electron chi connectivity index (χ2n) is 6.41. The molecule has 1 saturated heterocycles. The molecule has 1 atom stereocenters. The van der Waals surface area contributed by atoms with E-state index in [1.54, 1.807) is 13.4 Å². The van der Waals surface area contributed by atoms with Crippen molar-refractivity contribution in [2.24, 2.45) is 0 Å². The molecule has 1 unspecified atom stereocenters. The van der Waals surface area contributed by atoms with Gasteiger partial charge in [-0.2, -0.15) is 10.2 Å². The maximum Gasteiger partial charge on any atom is 0.137 e. The normalized spacial score (nSPS) is 18.4. The van der Waals surface area contributed by atoms with Crippen LogP contribution in [-0.4, -0.2) is 50.1 Å². The Morgan fingerprint density at radius 2 is 2.16 bits per heavy atom. The van der Waals surface area contributed by atoms with E-state index in [-0.39, 0.29) is 0 Å². The average Bonchev–Trinajstić information content (AvgIpc) is 3.34. The third-order valence-electron chi connectivity index (χ3n) is 4.78. The first-order valence-corrected chi connectivity index (χ1v) is 8.56. The predicted molar refractivity (Wildman–Crippen MR) is 94.1 cm³/mol. The van der Waals surface area contributed by atoms with Crippen LogP contribution in [0.4, 0.5) is 0 Å². The zero-order chi connectivity index (χ0) is 17.1. The Bertz CT molecular complexity index is 795. The van der Waals surface area contributed by atoms with Crippen molar-refractivity contribution in [2.75, 3.05) is 20.2 Å². The minimum absolute atomic E-state index is 0.396. The summed E-state index contributed by atoms with van der Waals surface area (Å²) in [6.45, 7) is 2.96. The molecule has 4 rings (SSSR count). The molecule has 0 aliphatic carbocycles. The quantitative estimate of drug-likeness (QED) is 0.774. The number of hydrogen-bond acceptors (Lipinski definition) is 5. The molecule has 1 fully saturated rings. The lowest BCUT2D eigenvalue weighted by atomic mass is 10.0. The number of piperidine rings is 1. The molecule has 0 spiro atoms. The van der Waals surface area contributed by atoms with Gasteiger partial charge in [0.1, 0.15) is 18.4 Å². The van der Waals surface area contributed by atoms with Crippen LogP contribution in [0.3, 0.4) is 0 Å². The second-order valence-corrected chi connectivity index (χ2v) is 6.41. The second kappa shape index (κ2) is 7.06. The molecular weight excluding hydrogens is 316 g/mol. The van der Waals surface area contributed by atoms with Gasteiger partial charge in [0, 0.05) is 24.2 Å². The van der Waals surface area contributed by atoms with Gasteiger partial charge in [0.15, 0.2) is 0 Å². The summed E-state index contributed by atoms with van der Waals surface area (Å²) in [5, 5.41) is 11.7. The van der Waals surface area contributed by atoms with E-state index in [1.165, 1.54) is 12.0 Å². The summed E-state index contributed by atoms with van der Waals surface area (Å²) < 4.78 is 7.22. The summed E-state index contributed by atoms with van der Waals surface area (Å²) in [4.78, 5) is 6.54. The fourth-order valence-electron chi connectivity index (χ4n) is 3.48. The Morgan fingerprint density at radius 3 is 2.92 bits per heavy atom. The predicted octanol–water partition coefficient (Wildman–Crippen LogP) is 2.51. The molecule has 2 aromatic heterocycles. The third kappa shape index (κ3) is 3.41. The number of rotatable bonds is 5. The number of ether oxygens (including phenoxy) is 1. The lowest BCUT2D eigenvalue weighted by Gasteiger charge is -2.32. The molecule has 1 aromatic carbocycles. The van der Waals surface area contributed by atoms with E-state index >= 15 is 0 Å². The van der Waals surface area contributed by atoms with Crippen LogP contribution in [0.1, 0.15) is 24.4 Å². The van der Waals surface area contributed by atoms with Crippen LogP contribution in [0, 0.1) is 0 Å². The van der Waals surface area contributed by atoms with Gasteiger partial charge in [-0.15, -0.1) is 0 Å². The molecule has 7 nitrogen and oxygen atoms in total. The molecule has 3 aromatic rings. The van der Waals surface area contributed by atoms with Gasteiger partial charge < -0.3 is 4.74 Å². The van der Waals surface area contributed by atoms with Crippen LogP contribution in [0.5, 0.6) is 5.75 Å². The standard InChI is InChI=1S/C18H22N6O/c1-25-17-6-4-14(5-7-17)18-15(9-20-22-18)10-23-8-2-3-16(11-23)24-13-19-12-21-24/h4-7,9,12-13,16H,2-3,8,10-11H2,1H3,(H,20,22). The van der Waals surface area contributed by atoms with Crippen molar-refractivity contribution in [1.29, 1.82) is 0 Å². The molecule has 0 amide bonds. The third-order valence-corrected chi connectivity index (χ3v) is 4.78. The van der Waals surface area contributed by atoms with Gasteiger partial charge in [0.25, 0.3) is 0 Å². The number of aromatic amines is 1. The van der Waals surface area contributed by atoms with Crippen LogP contribution in [-0.2, 0) is 6.54 Å². The average molecular weight is 338 g/mol. The van der Waals surface area contributed by atoms with Crippen molar-refractivity contribution in [1.82, 2.24) is 29.9 Å². The van der Waals surface area contributed by atoms with Gasteiger partial charge in [-0.1, -0.05) is 0 Å². The minimum Gasteiger partial charge on any atom is -0.497 e. The largest absolute Gasteiger partial charge is 0.497 e. The van der Waals surface area contributed by atoms with E-state index < -0.39 is 0 Å². The van der Waals surface area contributed by atoms with Crippen molar-refractivity contribution in [3.05, 3.63) is 48.7 Å². The van der Waals surface area contributed by atoms with Gasteiger partial charge in [0.2, 0.25) is 0 Å². The monoisotopic (exact) mass is 338 g/mol. The number of hydrogen-bond donors (Lipinski definition) is 1. The molecule has 25 heavy (non-hydrogen) atoms. The van der Waals surface area contributed by atoms with Crippen LogP contribution < -0.4 is 4.74 Å². The van der Waals surface area contributed by atoms with E-state index in [2.05, 4.69) is 37.3 Å². The van der Waals surface area contributed by atoms with Gasteiger partial charge in [0.05, 0.1) is 25.0 Å². The molecule has 1 aliphatic rings. The van der Waals surface area contributed by atoms with Crippen molar-refractivity contribution < 1.29 is 4.74 Å². The maximum atomic E-state index is 5.24. The highest BCUT2D eigenvalue weighted by Crippen LogP contribution is 2.27. The molecule has 1 aliphatic heterocycles. The van der Waals surface area contributed by atoms with Crippen LogP contribution in [0.2, 0.25) is 0 Å². The fraction of sp³-hybridized carbons (Fsp3) is 0.389. The number of benzene rings is 1. The molecule has 1 N–H and O–H groups in total. The maximum absolute atomic E-state index is 5.24. The lowest BCUT2D eigenvalue weighted by molar-refractivity contribution is 0.163. The number of nitrogens with one attached hydrogen (secondary N) is 1. The Kier molecular flexibility index (Phi) is 4.47. The molecular formula is C18H22N6O. The molecule has 130 valence electrons. The number of H-pyrrole nitrogens is 1. The van der Waals surface area contributed by atoms with Crippen LogP contribution >= 0.6 is 0 Å². The van der Waals surface area contributed by atoms with Crippen LogP contribution in [0.25, 0.3) is 11.3 Å². The summed E-state index contributed by atoms with van der Waals surface area (Å²) in [6, 6.07) is 8.46. The summed E-state index contributed by atoms with van der Waals surface area (Å²) in [7, 11) is 1.68. The Hall–Kier alpha value is -2.67. The highest BCUT2D eigenvalue weighted by Gasteiger charge is 2.23. The van der Waals surface area contributed by atoms with Crippen molar-refractivity contribution in [2.45, 2.75) is 25.4 Å². The van der Waals surface area contributed by atoms with Gasteiger partial charge in [-0.05, 0) is 43.7 Å². The van der Waals surface area contributed by atoms with Gasteiger partial charge in [-0.25, -0.2) is 9.67 Å². The summed E-state index contributed by atoms with van der Waals surface area (Å²) in [5.41, 5.74) is 3.41. The van der Waals surface area contributed by atoms with E-state index in [0.29, 0.717) is 6.04 Å². The van der Waals surface area contributed by atoms with E-state index in [0.717, 1.165) is 43.1 Å². The molecule has 0 radical (unpaired) electrons. The first-order chi connectivity index (χ1) is 12.3. The lowest BCUT2D eigenvalue weighted by Crippen LogP contribution is -2.36. The topological polar surface area (TPSA) is 71.9 Å². The minimum atomic E-state index is 0.396. The zero-order valence-electron chi connectivity index (χ0n) is 14.3. The summed E-state index contributed by atoms with van der Waals surface area (Å²) >= 11 is 0. The molecule has 3 heterocycles. The SMILES string of the molecule is COc1ccc(-c2[nH]ncc2CN2CCCC(n3cncn3)C2)cc1. The number of aromatic nitrogens is 5. The number of nitrogens with zero attached hydrogens (tertiary/aromatic N) is 5. The number of methoxy groups -OCH3 is 1. The Morgan fingerprint density at radius 1 is 1.28 bits per heavy atom. The summed E-state index contributed by atoms with van der Waals surface area (Å²) in [5.74, 6) is 0.858. The molecule has 0 saturated carbocycles. The van der Waals surface area contributed by atoms with E-state index in [1.807, 2.05) is 29.3 Å². The highest BCUT2D eigenvalue weighted by atomic mass is 16.5. The Balaban J connectivity index is 1.48. The highest BCUT2D eigenvalue weighted by molar-refractivity contribution is 5.63. The van der Waals surface area contributed by atoms with Crippen molar-refractivity contribution in [3.63, 3.8) is 0 Å². The Labute approximate surface area is 146 Å². The fourth-order valence-corrected chi connectivity index (χ4v) is 3.48. The van der Waals surface area contributed by atoms with E-state index in [4.69, 9.17) is 4.74 Å². The first kappa shape index (κ1) is 15.8. The van der Waals surface area contributed by atoms with Gasteiger partial charge in [-0.3, -0.25) is 10.00 Å². The first-order valence-electron chi connectivity index (χ1n) is 8.56. The van der Waals surface area contributed by atoms with Gasteiger partial charge >= 0.3 is 0 Å². The van der Waals surface area contributed by atoms with Crippen molar-refractivity contribution in [3.8, 4) is 17.0 Å². The van der Waals surface area contributed by atoms with E-state index in [9.17, 15) is 0 Å². The smallest absolute Gasteiger partial charge is 0.137 e. The summed E-state index contributed by atoms with van der Waals surface area (Å²) in [6.07, 6.45) is 7.67. The molecule has 0 bridgehead atoms. The molecule has 7 heteroatoms. The zero-order valence-corrected chi connectivity index (χ0v) is 14.3. The number of likely N-dealkylation sites (tertiary alicyclic amines) is 1. The van der Waals surface area contributed by atoms with Crippen LogP contribution in [0.15, 0.2) is 43.1 Å². The van der Waals surface area contributed by atoms with Crippen molar-refractivity contribution >= 4 is 0 Å².